The van der Waals surface area contributed by atoms with Gasteiger partial charge in [0.15, 0.2) is 9.92 Å². The summed E-state index contributed by atoms with van der Waals surface area (Å²) in [6.45, 7) is 3.26. The van der Waals surface area contributed by atoms with E-state index in [0.29, 0.717) is 4.68 Å². The molecule has 0 unspecified atom stereocenters. The molecule has 1 N–H and O–H groups in total. The van der Waals surface area contributed by atoms with Gasteiger partial charge >= 0.3 is 6.18 Å². The van der Waals surface area contributed by atoms with E-state index < -0.39 is 11.9 Å². The number of nitrogens with zero attached hydrogens (tertiary/aromatic N) is 3. The minimum atomic E-state index is -4.59. The lowest BCUT2D eigenvalue weighted by atomic mass is 10.3. The Morgan fingerprint density at radius 1 is 1.41 bits per heavy atom. The Kier molecular flexibility index (Phi) is 4.48. The van der Waals surface area contributed by atoms with Gasteiger partial charge in [-0.2, -0.15) is 18.3 Å². The van der Waals surface area contributed by atoms with Crippen LogP contribution in [0.1, 0.15) is 31.3 Å². The van der Waals surface area contributed by atoms with Crippen LogP contribution in [0.2, 0.25) is 5.15 Å². The second-order valence-corrected chi connectivity index (χ2v) is 5.68. The Morgan fingerprint density at radius 2 is 2.05 bits per heavy atom. The Balaban J connectivity index is 2.45. The molecule has 0 saturated carbocycles. The monoisotopic (exact) mass is 352 g/mol. The highest BCUT2D eigenvalue weighted by molar-refractivity contribution is 7.71. The van der Waals surface area contributed by atoms with Crippen LogP contribution in [0.4, 0.5) is 13.2 Å². The number of H-pyrrole nitrogens is 1. The molecule has 0 spiro atoms. The fraction of sp³-hybridized carbons (Fsp3) is 0.417. The molecule has 0 bridgehead atoms. The highest BCUT2D eigenvalue weighted by atomic mass is 35.5. The summed E-state index contributed by atoms with van der Waals surface area (Å²) in [7, 11) is 0. The van der Waals surface area contributed by atoms with Gasteiger partial charge in [0.2, 0.25) is 0 Å². The summed E-state index contributed by atoms with van der Waals surface area (Å²) in [5.41, 5.74) is -1.16. The van der Waals surface area contributed by atoms with E-state index in [1.165, 1.54) is 10.6 Å². The molecular weight excluding hydrogens is 341 g/mol. The van der Waals surface area contributed by atoms with Gasteiger partial charge in [0, 0.05) is 23.9 Å². The highest BCUT2D eigenvalue weighted by Crippen LogP contribution is 2.31. The van der Waals surface area contributed by atoms with Crippen LogP contribution < -0.4 is 5.56 Å². The van der Waals surface area contributed by atoms with E-state index in [-0.39, 0.29) is 33.8 Å². The quantitative estimate of drug-likeness (QED) is 0.861. The van der Waals surface area contributed by atoms with Crippen molar-refractivity contribution < 1.29 is 13.2 Å². The predicted molar refractivity (Wildman–Crippen MR) is 77.6 cm³/mol. The number of hydrogen-bond donors (Lipinski definition) is 1. The predicted octanol–water partition coefficient (Wildman–Crippen LogP) is 3.40. The summed E-state index contributed by atoms with van der Waals surface area (Å²) in [5, 5.41) is 3.31. The van der Waals surface area contributed by atoms with Crippen molar-refractivity contribution in [2.24, 2.45) is 0 Å². The lowest BCUT2D eigenvalue weighted by Gasteiger charge is -2.13. The van der Waals surface area contributed by atoms with Gasteiger partial charge in [-0.3, -0.25) is 14.0 Å². The van der Waals surface area contributed by atoms with E-state index in [1.54, 1.807) is 13.8 Å². The largest absolute Gasteiger partial charge is 0.433 e. The van der Waals surface area contributed by atoms with E-state index in [1.807, 2.05) is 0 Å². The van der Waals surface area contributed by atoms with Gasteiger partial charge in [-0.25, -0.2) is 0 Å². The van der Waals surface area contributed by atoms with Gasteiger partial charge < -0.3 is 4.98 Å². The van der Waals surface area contributed by atoms with Crippen molar-refractivity contribution in [3.8, 4) is 0 Å². The van der Waals surface area contributed by atoms with Gasteiger partial charge in [-0.05, 0) is 26.1 Å². The molecule has 0 aliphatic rings. The van der Waals surface area contributed by atoms with Crippen LogP contribution in [0.15, 0.2) is 16.9 Å². The maximum Gasteiger partial charge on any atom is 0.433 e. The van der Waals surface area contributed by atoms with Crippen molar-refractivity contribution >= 4 is 23.8 Å². The standard InChI is InChI=1S/C12H12ClF3N4OS/c1-6(2)20-10(21)3-7(17-11(20)22)5-19-8(12(14,15)16)4-9(13)18-19/h3-4,6H,5H2,1-2H3,(H,17,22). The normalized spacial score (nSPS) is 12.1. The first-order valence-corrected chi connectivity index (χ1v) is 7.03. The Hall–Kier alpha value is -1.61. The van der Waals surface area contributed by atoms with Crippen LogP contribution in [-0.2, 0) is 12.7 Å². The molecule has 0 fully saturated rings. The molecule has 0 aromatic carbocycles. The van der Waals surface area contributed by atoms with Crippen LogP contribution in [0, 0.1) is 4.77 Å². The van der Waals surface area contributed by atoms with Gasteiger partial charge in [0.1, 0.15) is 5.69 Å². The molecule has 2 aromatic rings. The van der Waals surface area contributed by atoms with Crippen molar-refractivity contribution in [1.29, 1.82) is 0 Å². The molecule has 120 valence electrons. The first kappa shape index (κ1) is 16.8. The lowest BCUT2D eigenvalue weighted by Crippen LogP contribution is -2.25. The van der Waals surface area contributed by atoms with Gasteiger partial charge in [0.05, 0.1) is 6.54 Å². The Morgan fingerprint density at radius 3 is 2.55 bits per heavy atom. The minimum absolute atomic E-state index is 0.143. The number of aromatic nitrogens is 4. The molecule has 0 atom stereocenters. The average Bonchev–Trinajstić information content (AvgIpc) is 2.68. The first-order valence-electron chi connectivity index (χ1n) is 6.25. The second-order valence-electron chi connectivity index (χ2n) is 4.91. The van der Waals surface area contributed by atoms with Gasteiger partial charge in [0.25, 0.3) is 5.56 Å². The van der Waals surface area contributed by atoms with Gasteiger partial charge in [-0.15, -0.1) is 0 Å². The van der Waals surface area contributed by atoms with Crippen molar-refractivity contribution in [3.63, 3.8) is 0 Å². The van der Waals surface area contributed by atoms with Gasteiger partial charge in [-0.1, -0.05) is 11.6 Å². The fourth-order valence-electron chi connectivity index (χ4n) is 2.02. The lowest BCUT2D eigenvalue weighted by molar-refractivity contribution is -0.144. The van der Waals surface area contributed by atoms with E-state index in [0.717, 1.165) is 6.07 Å². The van der Waals surface area contributed by atoms with Crippen molar-refractivity contribution in [3.05, 3.63) is 43.8 Å². The zero-order valence-electron chi connectivity index (χ0n) is 11.6. The number of halogens is 4. The third-order valence-corrected chi connectivity index (χ3v) is 3.38. The zero-order chi connectivity index (χ0) is 16.7. The topological polar surface area (TPSA) is 55.6 Å². The molecule has 0 saturated heterocycles. The Labute approximate surface area is 133 Å². The third-order valence-electron chi connectivity index (χ3n) is 2.90. The molecule has 2 heterocycles. The third kappa shape index (κ3) is 3.41. The van der Waals surface area contributed by atoms with E-state index in [2.05, 4.69) is 10.1 Å². The summed E-state index contributed by atoms with van der Waals surface area (Å²) >= 11 is 10.6. The van der Waals surface area contributed by atoms with Crippen LogP contribution >= 0.6 is 23.8 Å². The summed E-state index contributed by atoms with van der Waals surface area (Å²) < 4.78 is 40.8. The summed E-state index contributed by atoms with van der Waals surface area (Å²) in [6, 6.07) is 1.77. The highest BCUT2D eigenvalue weighted by Gasteiger charge is 2.35. The number of hydrogen-bond acceptors (Lipinski definition) is 3. The van der Waals surface area contributed by atoms with Crippen LogP contribution in [-0.4, -0.2) is 19.3 Å². The second kappa shape index (κ2) is 5.88. The smallest absolute Gasteiger partial charge is 0.334 e. The van der Waals surface area contributed by atoms with E-state index in [4.69, 9.17) is 23.8 Å². The summed E-state index contributed by atoms with van der Waals surface area (Å²) in [6.07, 6.45) is -4.59. The molecule has 0 aliphatic carbocycles. The molecule has 10 heteroatoms. The Bertz CT molecular complexity index is 775. The number of nitrogens with one attached hydrogen (secondary N) is 1. The van der Waals surface area contributed by atoms with E-state index >= 15 is 0 Å². The molecule has 0 radical (unpaired) electrons. The number of alkyl halides is 3. The molecular formula is C12H12ClF3N4OS. The molecule has 2 aromatic heterocycles. The maximum absolute atomic E-state index is 12.9. The summed E-state index contributed by atoms with van der Waals surface area (Å²) in [5.74, 6) is 0. The van der Waals surface area contributed by atoms with Crippen LogP contribution in [0.5, 0.6) is 0 Å². The first-order chi connectivity index (χ1) is 10.1. The van der Waals surface area contributed by atoms with Crippen LogP contribution in [0.25, 0.3) is 0 Å². The zero-order valence-corrected chi connectivity index (χ0v) is 13.2. The maximum atomic E-state index is 12.9. The van der Waals surface area contributed by atoms with Crippen molar-refractivity contribution in [2.75, 3.05) is 0 Å². The van der Waals surface area contributed by atoms with Crippen molar-refractivity contribution in [2.45, 2.75) is 32.6 Å². The number of aromatic amines is 1. The average molecular weight is 353 g/mol. The fourth-order valence-corrected chi connectivity index (χ4v) is 2.65. The van der Waals surface area contributed by atoms with E-state index in [9.17, 15) is 18.0 Å². The van der Waals surface area contributed by atoms with Crippen molar-refractivity contribution in [1.82, 2.24) is 19.3 Å². The van der Waals surface area contributed by atoms with Crippen LogP contribution in [0.3, 0.4) is 0 Å². The molecule has 22 heavy (non-hydrogen) atoms. The SMILES string of the molecule is CC(C)n1c(=O)cc(Cn2nc(Cl)cc2C(F)(F)F)[nH]c1=S. The molecule has 5 nitrogen and oxygen atoms in total. The molecule has 2 rings (SSSR count). The molecule has 0 aliphatic heterocycles. The number of rotatable bonds is 3. The minimum Gasteiger partial charge on any atom is -0.334 e. The molecule has 0 amide bonds. The summed E-state index contributed by atoms with van der Waals surface area (Å²) in [4.78, 5) is 14.7.